The Hall–Kier alpha value is -1.43. The lowest BCUT2D eigenvalue weighted by Crippen LogP contribution is -2.48. The number of aryl methyl sites for hydroxylation is 1. The summed E-state index contributed by atoms with van der Waals surface area (Å²) in [6, 6.07) is 11.1. The highest BCUT2D eigenvalue weighted by molar-refractivity contribution is 7.09. The number of thiazole rings is 1. The molecule has 24 heavy (non-hydrogen) atoms. The molecule has 1 aromatic carbocycles. The van der Waals surface area contributed by atoms with Gasteiger partial charge >= 0.3 is 0 Å². The first kappa shape index (κ1) is 17.4. The largest absolute Gasteiger partial charge is 0.369 e. The Labute approximate surface area is 149 Å². The maximum Gasteiger partial charge on any atom is 0.110 e. The first-order chi connectivity index (χ1) is 11.6. The van der Waals surface area contributed by atoms with Gasteiger partial charge < -0.3 is 4.90 Å². The van der Waals surface area contributed by atoms with Crippen LogP contribution in [0, 0.1) is 6.92 Å². The first-order valence-electron chi connectivity index (χ1n) is 8.78. The first-order valence-corrected chi connectivity index (χ1v) is 9.66. The van der Waals surface area contributed by atoms with Crippen LogP contribution in [-0.4, -0.2) is 61.1 Å². The molecule has 3 rings (SSSR count). The van der Waals surface area contributed by atoms with E-state index in [9.17, 15) is 0 Å². The monoisotopic (exact) mass is 344 g/mol. The lowest BCUT2D eigenvalue weighted by atomic mass is 10.2. The summed E-state index contributed by atoms with van der Waals surface area (Å²) < 4.78 is 0. The molecule has 1 aliphatic rings. The van der Waals surface area contributed by atoms with Crippen molar-refractivity contribution in [1.82, 2.24) is 14.8 Å². The Morgan fingerprint density at radius 3 is 2.50 bits per heavy atom. The number of aromatic nitrogens is 1. The minimum atomic E-state index is 0.398. The highest BCUT2D eigenvalue weighted by Crippen LogP contribution is 2.22. The van der Waals surface area contributed by atoms with Crippen molar-refractivity contribution in [3.63, 3.8) is 0 Å². The molecule has 1 saturated heterocycles. The van der Waals surface area contributed by atoms with Crippen LogP contribution in [0.4, 0.5) is 5.69 Å². The van der Waals surface area contributed by atoms with Crippen molar-refractivity contribution in [2.45, 2.75) is 19.9 Å². The molecule has 0 aliphatic carbocycles. The number of benzene rings is 1. The predicted octanol–water partition coefficient (Wildman–Crippen LogP) is 3.27. The van der Waals surface area contributed by atoms with Crippen molar-refractivity contribution >= 4 is 17.0 Å². The molecular weight excluding hydrogens is 316 g/mol. The van der Waals surface area contributed by atoms with Crippen LogP contribution < -0.4 is 4.90 Å². The van der Waals surface area contributed by atoms with Gasteiger partial charge in [-0.15, -0.1) is 11.3 Å². The third-order valence-corrected chi connectivity index (χ3v) is 6.05. The molecule has 0 radical (unpaired) electrons. The molecule has 0 N–H and O–H groups in total. The third kappa shape index (κ3) is 4.35. The zero-order valence-electron chi connectivity index (χ0n) is 15.0. The van der Waals surface area contributed by atoms with E-state index in [2.05, 4.69) is 76.3 Å². The van der Waals surface area contributed by atoms with E-state index in [4.69, 9.17) is 0 Å². The van der Waals surface area contributed by atoms with E-state index < -0.39 is 0 Å². The second kappa shape index (κ2) is 8.10. The van der Waals surface area contributed by atoms with Crippen molar-refractivity contribution < 1.29 is 0 Å². The second-order valence-electron chi connectivity index (χ2n) is 6.65. The number of para-hydroxylation sites is 1. The fourth-order valence-corrected chi connectivity index (χ4v) is 4.03. The highest BCUT2D eigenvalue weighted by atomic mass is 32.1. The number of hydrogen-bond donors (Lipinski definition) is 0. The van der Waals surface area contributed by atoms with Crippen molar-refractivity contribution in [2.24, 2.45) is 0 Å². The predicted molar refractivity (Wildman–Crippen MR) is 103 cm³/mol. The third-order valence-electron chi connectivity index (χ3n) is 4.92. The Balaban J connectivity index is 1.43. The molecular formula is C19H28N4S. The summed E-state index contributed by atoms with van der Waals surface area (Å²) in [5.41, 5.74) is 2.48. The van der Waals surface area contributed by atoms with Crippen molar-refractivity contribution in [2.75, 3.05) is 51.2 Å². The zero-order chi connectivity index (χ0) is 16.9. The summed E-state index contributed by atoms with van der Waals surface area (Å²) in [6.45, 7) is 11.1. The van der Waals surface area contributed by atoms with Gasteiger partial charge in [0.2, 0.25) is 0 Å². The minimum Gasteiger partial charge on any atom is -0.369 e. The molecule has 130 valence electrons. The fourth-order valence-electron chi connectivity index (χ4n) is 3.11. The van der Waals surface area contributed by atoms with Crippen LogP contribution in [0.2, 0.25) is 0 Å². The number of anilines is 1. The summed E-state index contributed by atoms with van der Waals surface area (Å²) in [4.78, 5) is 12.1. The van der Waals surface area contributed by atoms with Crippen molar-refractivity contribution in [3.05, 3.63) is 46.4 Å². The van der Waals surface area contributed by atoms with Gasteiger partial charge in [0.05, 0.1) is 6.04 Å². The summed E-state index contributed by atoms with van der Waals surface area (Å²) in [7, 11) is 2.21. The topological polar surface area (TPSA) is 22.6 Å². The molecule has 5 heteroatoms. The SMILES string of the molecule is Cc1csc([C@@H](C)N(C)CCN2CCN(c3ccccc3)CC2)n1. The molecule has 1 aromatic heterocycles. The number of hydrogen-bond acceptors (Lipinski definition) is 5. The van der Waals surface area contributed by atoms with E-state index in [1.165, 1.54) is 10.7 Å². The molecule has 0 spiro atoms. The average molecular weight is 345 g/mol. The standard InChI is InChI=1S/C19H28N4S/c1-16-15-24-19(20-16)17(2)21(3)9-10-22-11-13-23(14-12-22)18-7-5-4-6-8-18/h4-8,15,17H,9-14H2,1-3H3/t17-/m1/s1. The Kier molecular flexibility index (Phi) is 5.87. The van der Waals surface area contributed by atoms with Gasteiger partial charge in [0, 0.05) is 56.0 Å². The number of likely N-dealkylation sites (N-methyl/N-ethyl adjacent to an activating group) is 1. The van der Waals surface area contributed by atoms with Gasteiger partial charge in [0.15, 0.2) is 0 Å². The summed E-state index contributed by atoms with van der Waals surface area (Å²) in [5.74, 6) is 0. The number of rotatable bonds is 6. The Morgan fingerprint density at radius 2 is 1.88 bits per heavy atom. The smallest absolute Gasteiger partial charge is 0.110 e. The molecule has 2 heterocycles. The normalized spacial score (nSPS) is 17.4. The maximum atomic E-state index is 4.63. The summed E-state index contributed by atoms with van der Waals surface area (Å²) >= 11 is 1.77. The fraction of sp³-hybridized carbons (Fsp3) is 0.526. The summed E-state index contributed by atoms with van der Waals surface area (Å²) in [5, 5.41) is 3.37. The molecule has 0 bridgehead atoms. The van der Waals surface area contributed by atoms with Crippen LogP contribution in [0.5, 0.6) is 0 Å². The van der Waals surface area contributed by atoms with Gasteiger partial charge in [0.1, 0.15) is 5.01 Å². The molecule has 0 amide bonds. The van der Waals surface area contributed by atoms with Gasteiger partial charge in [-0.25, -0.2) is 4.98 Å². The molecule has 1 aliphatic heterocycles. The van der Waals surface area contributed by atoms with Crippen LogP contribution >= 0.6 is 11.3 Å². The van der Waals surface area contributed by atoms with Gasteiger partial charge in [-0.3, -0.25) is 9.80 Å². The molecule has 1 atom stereocenters. The van der Waals surface area contributed by atoms with Crippen LogP contribution in [0.25, 0.3) is 0 Å². The molecule has 0 saturated carbocycles. The van der Waals surface area contributed by atoms with E-state index in [0.29, 0.717) is 6.04 Å². The van der Waals surface area contributed by atoms with Crippen molar-refractivity contribution in [3.8, 4) is 0 Å². The van der Waals surface area contributed by atoms with E-state index in [1.807, 2.05) is 0 Å². The molecule has 1 fully saturated rings. The van der Waals surface area contributed by atoms with Crippen LogP contribution in [0.3, 0.4) is 0 Å². The van der Waals surface area contributed by atoms with Gasteiger partial charge in [-0.2, -0.15) is 0 Å². The van der Waals surface area contributed by atoms with Gasteiger partial charge in [-0.1, -0.05) is 18.2 Å². The second-order valence-corrected chi connectivity index (χ2v) is 7.54. The van der Waals surface area contributed by atoms with Crippen LogP contribution in [0.15, 0.2) is 35.7 Å². The van der Waals surface area contributed by atoms with Gasteiger partial charge in [-0.05, 0) is 33.0 Å². The number of piperazine rings is 1. The molecule has 0 unspecified atom stereocenters. The van der Waals surface area contributed by atoms with E-state index >= 15 is 0 Å². The zero-order valence-corrected chi connectivity index (χ0v) is 15.8. The molecule has 4 nitrogen and oxygen atoms in total. The van der Waals surface area contributed by atoms with Crippen LogP contribution in [0.1, 0.15) is 23.7 Å². The molecule has 2 aromatic rings. The maximum absolute atomic E-state index is 4.63. The van der Waals surface area contributed by atoms with Gasteiger partial charge in [0.25, 0.3) is 0 Å². The minimum absolute atomic E-state index is 0.398. The quantitative estimate of drug-likeness (QED) is 0.802. The Bertz CT molecular complexity index is 619. The average Bonchev–Trinajstić information content (AvgIpc) is 3.06. The Morgan fingerprint density at radius 1 is 1.17 bits per heavy atom. The lowest BCUT2D eigenvalue weighted by molar-refractivity contribution is 0.190. The van der Waals surface area contributed by atoms with E-state index in [-0.39, 0.29) is 0 Å². The lowest BCUT2D eigenvalue weighted by Gasteiger charge is -2.37. The van der Waals surface area contributed by atoms with Crippen LogP contribution in [-0.2, 0) is 0 Å². The van der Waals surface area contributed by atoms with E-state index in [1.54, 1.807) is 11.3 Å². The highest BCUT2D eigenvalue weighted by Gasteiger charge is 2.19. The summed E-state index contributed by atoms with van der Waals surface area (Å²) in [6.07, 6.45) is 0. The van der Waals surface area contributed by atoms with Crippen molar-refractivity contribution in [1.29, 1.82) is 0 Å². The van der Waals surface area contributed by atoms with E-state index in [0.717, 1.165) is 45.0 Å². The number of nitrogens with zero attached hydrogens (tertiary/aromatic N) is 4.